The second-order valence-electron chi connectivity index (χ2n) is 3.35. The molecule has 2 rings (SSSR count). The molecule has 1 heterocycles. The number of ketones is 1. The van der Waals surface area contributed by atoms with Gasteiger partial charge in [-0.05, 0) is 29.1 Å². The summed E-state index contributed by atoms with van der Waals surface area (Å²) in [6.45, 7) is 0. The maximum absolute atomic E-state index is 11.7. The van der Waals surface area contributed by atoms with Crippen molar-refractivity contribution in [3.8, 4) is 0 Å². The van der Waals surface area contributed by atoms with Crippen molar-refractivity contribution in [2.24, 2.45) is 0 Å². The lowest BCUT2D eigenvalue weighted by Crippen LogP contribution is -2.01. The van der Waals surface area contributed by atoms with Crippen LogP contribution >= 0.6 is 11.3 Å². The van der Waals surface area contributed by atoms with Crippen LogP contribution in [0.1, 0.15) is 15.9 Å². The fourth-order valence-electron chi connectivity index (χ4n) is 1.35. The first kappa shape index (κ1) is 9.93. The summed E-state index contributed by atoms with van der Waals surface area (Å²) < 4.78 is 0. The van der Waals surface area contributed by atoms with Gasteiger partial charge in [-0.1, -0.05) is 12.1 Å². The van der Waals surface area contributed by atoms with Crippen LogP contribution in [0.2, 0.25) is 0 Å². The largest absolute Gasteiger partial charge is 0.399 e. The fourth-order valence-corrected chi connectivity index (χ4v) is 2.01. The van der Waals surface area contributed by atoms with E-state index >= 15 is 0 Å². The molecule has 1 aromatic carbocycles. The number of nitrogens with two attached hydrogens (primary N) is 1. The molecule has 0 amide bonds. The van der Waals surface area contributed by atoms with Gasteiger partial charge in [0.15, 0.2) is 5.78 Å². The molecule has 0 unspecified atom stereocenters. The lowest BCUT2D eigenvalue weighted by molar-refractivity contribution is 0.0993. The summed E-state index contributed by atoms with van der Waals surface area (Å²) in [5.41, 5.74) is 8.08. The van der Waals surface area contributed by atoms with Crippen LogP contribution in [0.4, 0.5) is 5.69 Å². The monoisotopic (exact) mass is 217 g/mol. The number of thiophene rings is 1. The van der Waals surface area contributed by atoms with E-state index in [1.165, 1.54) is 0 Å². The van der Waals surface area contributed by atoms with E-state index in [-0.39, 0.29) is 5.78 Å². The highest BCUT2D eigenvalue weighted by atomic mass is 32.1. The summed E-state index contributed by atoms with van der Waals surface area (Å²) in [6.07, 6.45) is 0.441. The Morgan fingerprint density at radius 1 is 1.20 bits per heavy atom. The number of nitrogen functional groups attached to an aromatic ring is 1. The lowest BCUT2D eigenvalue weighted by atomic mass is 10.1. The smallest absolute Gasteiger partial charge is 0.168 e. The minimum absolute atomic E-state index is 0.154. The quantitative estimate of drug-likeness (QED) is 0.634. The van der Waals surface area contributed by atoms with E-state index in [4.69, 9.17) is 5.73 Å². The van der Waals surface area contributed by atoms with Crippen LogP contribution in [0.15, 0.2) is 41.1 Å². The van der Waals surface area contributed by atoms with Crippen molar-refractivity contribution in [3.63, 3.8) is 0 Å². The highest BCUT2D eigenvalue weighted by Gasteiger charge is 2.06. The Bertz CT molecular complexity index is 445. The topological polar surface area (TPSA) is 43.1 Å². The summed E-state index contributed by atoms with van der Waals surface area (Å²) in [7, 11) is 0. The molecule has 0 aliphatic rings. The van der Waals surface area contributed by atoms with Crippen molar-refractivity contribution in [1.29, 1.82) is 0 Å². The second-order valence-corrected chi connectivity index (χ2v) is 4.13. The minimum Gasteiger partial charge on any atom is -0.399 e. The zero-order valence-corrected chi connectivity index (χ0v) is 8.96. The van der Waals surface area contributed by atoms with Crippen LogP contribution in [-0.2, 0) is 6.42 Å². The van der Waals surface area contributed by atoms with Gasteiger partial charge in [-0.3, -0.25) is 4.79 Å². The van der Waals surface area contributed by atoms with Gasteiger partial charge in [-0.2, -0.15) is 11.3 Å². The van der Waals surface area contributed by atoms with Crippen LogP contribution in [0.3, 0.4) is 0 Å². The van der Waals surface area contributed by atoms with Gasteiger partial charge >= 0.3 is 0 Å². The van der Waals surface area contributed by atoms with Crippen LogP contribution in [0.25, 0.3) is 0 Å². The Balaban J connectivity index is 2.09. The van der Waals surface area contributed by atoms with Crippen LogP contribution in [0, 0.1) is 0 Å². The van der Waals surface area contributed by atoms with E-state index in [9.17, 15) is 4.79 Å². The highest BCUT2D eigenvalue weighted by molar-refractivity contribution is 7.08. The van der Waals surface area contributed by atoms with Gasteiger partial charge in [-0.25, -0.2) is 0 Å². The maximum atomic E-state index is 11.7. The molecule has 0 spiro atoms. The summed E-state index contributed by atoms with van der Waals surface area (Å²) in [5.74, 6) is 0.154. The van der Waals surface area contributed by atoms with Crippen LogP contribution in [-0.4, -0.2) is 5.78 Å². The van der Waals surface area contributed by atoms with E-state index in [2.05, 4.69) is 0 Å². The van der Waals surface area contributed by atoms with Crippen LogP contribution < -0.4 is 5.73 Å². The molecule has 0 saturated heterocycles. The predicted molar refractivity (Wildman–Crippen MR) is 63.2 cm³/mol. The number of carbonyl (C=O) groups is 1. The molecule has 1 aromatic heterocycles. The van der Waals surface area contributed by atoms with Crippen molar-refractivity contribution >= 4 is 22.8 Å². The second kappa shape index (κ2) is 4.28. The molecule has 2 aromatic rings. The molecular weight excluding hydrogens is 206 g/mol. The molecule has 0 saturated carbocycles. The number of anilines is 1. The third kappa shape index (κ3) is 2.44. The number of rotatable bonds is 3. The lowest BCUT2D eigenvalue weighted by Gasteiger charge is -1.99. The van der Waals surface area contributed by atoms with Gasteiger partial charge in [0, 0.05) is 23.1 Å². The third-order valence-corrected chi connectivity index (χ3v) is 2.87. The summed E-state index contributed by atoms with van der Waals surface area (Å²) >= 11 is 1.54. The third-order valence-electron chi connectivity index (χ3n) is 2.19. The summed E-state index contributed by atoms with van der Waals surface area (Å²) in [6, 6.07) is 9.26. The first-order valence-electron chi connectivity index (χ1n) is 4.65. The molecule has 0 aliphatic carbocycles. The predicted octanol–water partition coefficient (Wildman–Crippen LogP) is 2.76. The van der Waals surface area contributed by atoms with Crippen molar-refractivity contribution < 1.29 is 4.79 Å². The van der Waals surface area contributed by atoms with Crippen molar-refractivity contribution in [2.45, 2.75) is 6.42 Å². The van der Waals surface area contributed by atoms with Crippen LogP contribution in [0.5, 0.6) is 0 Å². The average Bonchev–Trinajstić information content (AvgIpc) is 2.74. The summed E-state index contributed by atoms with van der Waals surface area (Å²) in [4.78, 5) is 11.7. The van der Waals surface area contributed by atoms with Crippen molar-refractivity contribution in [1.82, 2.24) is 0 Å². The number of carbonyl (C=O) groups excluding carboxylic acids is 1. The van der Waals surface area contributed by atoms with Gasteiger partial charge in [0.05, 0.1) is 0 Å². The molecule has 0 radical (unpaired) electrons. The Hall–Kier alpha value is -1.61. The maximum Gasteiger partial charge on any atom is 0.168 e. The molecule has 2 N–H and O–H groups in total. The molecular formula is C12H11NOS. The molecule has 0 atom stereocenters. The van der Waals surface area contributed by atoms with Gasteiger partial charge < -0.3 is 5.73 Å². The molecule has 15 heavy (non-hydrogen) atoms. The molecule has 0 fully saturated rings. The minimum atomic E-state index is 0.154. The van der Waals surface area contributed by atoms with Gasteiger partial charge in [0.2, 0.25) is 0 Å². The average molecular weight is 217 g/mol. The summed E-state index contributed by atoms with van der Waals surface area (Å²) in [5, 5.41) is 3.79. The Morgan fingerprint density at radius 3 is 2.53 bits per heavy atom. The van der Waals surface area contributed by atoms with E-state index in [0.29, 0.717) is 6.42 Å². The SMILES string of the molecule is Nc1ccc(CC(=O)c2ccsc2)cc1. The fraction of sp³-hybridized carbons (Fsp3) is 0.0833. The van der Waals surface area contributed by atoms with Gasteiger partial charge in [0.25, 0.3) is 0 Å². The van der Waals surface area contributed by atoms with E-state index in [0.717, 1.165) is 16.8 Å². The Kier molecular flexibility index (Phi) is 2.83. The number of benzene rings is 1. The first-order valence-corrected chi connectivity index (χ1v) is 5.60. The van der Waals surface area contributed by atoms with Gasteiger partial charge in [-0.15, -0.1) is 0 Å². The van der Waals surface area contributed by atoms with Gasteiger partial charge in [0.1, 0.15) is 0 Å². The highest BCUT2D eigenvalue weighted by Crippen LogP contribution is 2.12. The Morgan fingerprint density at radius 2 is 1.93 bits per heavy atom. The van der Waals surface area contributed by atoms with Crippen molar-refractivity contribution in [3.05, 3.63) is 52.2 Å². The Labute approximate surface area is 92.4 Å². The molecule has 3 heteroatoms. The molecule has 0 bridgehead atoms. The van der Waals surface area contributed by atoms with E-state index in [1.54, 1.807) is 11.3 Å². The molecule has 76 valence electrons. The standard InChI is InChI=1S/C12H11NOS/c13-11-3-1-9(2-4-11)7-12(14)10-5-6-15-8-10/h1-6,8H,7,13H2. The number of Topliss-reactive ketones (excluding diaryl/α,β-unsaturated/α-hetero) is 1. The molecule has 0 aliphatic heterocycles. The van der Waals surface area contributed by atoms with E-state index in [1.807, 2.05) is 41.1 Å². The zero-order chi connectivity index (χ0) is 10.7. The number of hydrogen-bond acceptors (Lipinski definition) is 3. The van der Waals surface area contributed by atoms with Crippen molar-refractivity contribution in [2.75, 3.05) is 5.73 Å². The first-order chi connectivity index (χ1) is 7.25. The number of hydrogen-bond donors (Lipinski definition) is 1. The normalized spacial score (nSPS) is 10.1. The molecule has 2 nitrogen and oxygen atoms in total. The zero-order valence-electron chi connectivity index (χ0n) is 8.14. The van der Waals surface area contributed by atoms with E-state index < -0.39 is 0 Å².